The van der Waals surface area contributed by atoms with Crippen LogP contribution in [0.1, 0.15) is 25.0 Å². The van der Waals surface area contributed by atoms with Gasteiger partial charge in [-0.05, 0) is 243 Å². The maximum absolute atomic E-state index is 6.48. The first-order valence-corrected chi connectivity index (χ1v) is 44.8. The van der Waals surface area contributed by atoms with Crippen LogP contribution in [-0.2, 0) is 5.41 Å². The molecule has 26 aromatic rings. The van der Waals surface area contributed by atoms with E-state index in [1.165, 1.54) is 77.1 Å². The van der Waals surface area contributed by atoms with Gasteiger partial charge in [0.25, 0.3) is 0 Å². The molecule has 0 radical (unpaired) electrons. The lowest BCUT2D eigenvalue weighted by Crippen LogP contribution is -2.17. The van der Waals surface area contributed by atoms with Crippen LogP contribution in [0, 0.1) is 0 Å². The van der Waals surface area contributed by atoms with Gasteiger partial charge >= 0.3 is 0 Å². The fourth-order valence-electron chi connectivity index (χ4n) is 20.8. The van der Waals surface area contributed by atoms with Gasteiger partial charge in [-0.2, -0.15) is 0 Å². The fraction of sp³-hybridized carbons (Fsp3) is 0.0244. The molecule has 6 aromatic heterocycles. The molecule has 0 N–H and O–H groups in total. The Hall–Kier alpha value is -17.2. The second-order valence-electron chi connectivity index (χ2n) is 35.0. The molecule has 0 saturated heterocycles. The molecule has 27 rings (SSSR count). The quantitative estimate of drug-likeness (QED) is 0.115. The number of fused-ring (bicyclic) bond motifs is 21. The van der Waals surface area contributed by atoms with E-state index >= 15 is 0 Å². The first-order chi connectivity index (χ1) is 64.7. The molecule has 0 saturated carbocycles. The molecule has 0 unspecified atom stereocenters. The monoisotopic (exact) mass is 1680 g/mol. The molecule has 0 bridgehead atoms. The molecule has 8 heteroatoms. The van der Waals surface area contributed by atoms with E-state index in [2.05, 4.69) is 433 Å². The Morgan fingerprint density at radius 3 is 0.939 bits per heavy atom. The van der Waals surface area contributed by atoms with Crippen LogP contribution in [0.15, 0.2) is 467 Å². The Morgan fingerprint density at radius 2 is 0.489 bits per heavy atom. The molecule has 1 aliphatic rings. The van der Waals surface area contributed by atoms with Crippen LogP contribution in [-0.4, -0.2) is 9.13 Å². The third-order valence-electron chi connectivity index (χ3n) is 27.2. The van der Waals surface area contributed by atoms with Crippen LogP contribution in [0.4, 0.5) is 34.1 Å². The summed E-state index contributed by atoms with van der Waals surface area (Å²) in [7, 11) is 0. The Labute approximate surface area is 754 Å². The summed E-state index contributed by atoms with van der Waals surface area (Å²) in [6.07, 6.45) is 0. The standard InChI is InChI=1S/C63H42N2O2.C60H38N2O2/c1-63(2)55-37-44(31-33-47(55)48-34-32-45(38-56(48)63)65-57-18-7-3-12-49(57)50-13-4-8-19-58(50)65)64(42-27-22-39(23-28-42)41-26-35-61-54(36-41)52-15-6-9-20-59(52)66-61)43-29-24-40(25-30-43)46-16-11-17-53-51-14-5-10-21-60(51)67-62(46)53;1-2-11-44(12-3-1)62-55-18-7-4-13-49(55)53-37-42(27-35-56(53)62)39-21-29-45(30-22-39)61(46-31-23-40(24-32-46)43-28-36-59-54(38-43)51-15-6-8-19-57(51)63-59)47-33-25-41(26-34-47)48-16-10-17-52-50-14-5-9-20-58(50)64-60(48)52/h3-38H,1-2H3;1-38H. The van der Waals surface area contributed by atoms with Crippen LogP contribution in [0.25, 0.3) is 210 Å². The molecular weight excluding hydrogens is 1600 g/mol. The Bertz CT molecular complexity index is 9000. The first kappa shape index (κ1) is 75.2. The van der Waals surface area contributed by atoms with Crippen molar-refractivity contribution in [3.63, 3.8) is 0 Å². The van der Waals surface area contributed by atoms with Crippen molar-refractivity contribution in [3.05, 3.63) is 460 Å². The summed E-state index contributed by atoms with van der Waals surface area (Å²) in [4.78, 5) is 4.73. The number of hydrogen-bond acceptors (Lipinski definition) is 6. The molecule has 8 nitrogen and oxygen atoms in total. The van der Waals surface area contributed by atoms with Gasteiger partial charge in [0.15, 0.2) is 0 Å². The van der Waals surface area contributed by atoms with Crippen molar-refractivity contribution in [2.24, 2.45) is 0 Å². The summed E-state index contributed by atoms with van der Waals surface area (Å²) < 4.78 is 30.0. The molecule has 1 aliphatic carbocycles. The van der Waals surface area contributed by atoms with E-state index in [0.29, 0.717) is 0 Å². The van der Waals surface area contributed by atoms with E-state index in [1.54, 1.807) is 0 Å². The maximum Gasteiger partial charge on any atom is 0.143 e. The smallest absolute Gasteiger partial charge is 0.143 e. The predicted molar refractivity (Wildman–Crippen MR) is 545 cm³/mol. The van der Waals surface area contributed by atoms with E-state index in [-0.39, 0.29) is 5.41 Å². The average molecular weight is 1680 g/mol. The Balaban J connectivity index is 0.000000138. The number of aromatic nitrogens is 2. The SMILES string of the molecule is CC1(C)c2cc(N(c3ccc(-c4ccc5oc6ccccc6c5c4)cc3)c3ccc(-c4cccc5c4oc4ccccc45)cc3)ccc2-c2ccc(-n3c4ccccc4c4ccccc43)cc21.c1ccc(-n2c3ccccc3c3cc(-c4ccc(N(c5ccc(-c6ccc7oc8ccccc8c7c6)cc5)c5ccc(-c6cccc7c6oc6ccccc67)cc5)cc4)ccc32)cc1. The lowest BCUT2D eigenvalue weighted by atomic mass is 9.82. The molecular formula is C123H80N4O4. The lowest BCUT2D eigenvalue weighted by molar-refractivity contribution is 0.660. The highest BCUT2D eigenvalue weighted by Crippen LogP contribution is 2.53. The molecule has 20 aromatic carbocycles. The van der Waals surface area contributed by atoms with E-state index in [4.69, 9.17) is 17.7 Å². The van der Waals surface area contributed by atoms with Gasteiger partial charge in [-0.15, -0.1) is 0 Å². The average Bonchev–Trinajstić information content (AvgIpc) is 1.59. The summed E-state index contributed by atoms with van der Waals surface area (Å²) in [5.74, 6) is 0. The topological polar surface area (TPSA) is 68.9 Å². The number of hydrogen-bond donors (Lipinski definition) is 0. The minimum absolute atomic E-state index is 0.254. The molecule has 0 aliphatic heterocycles. The minimum Gasteiger partial charge on any atom is -0.456 e. The second kappa shape index (κ2) is 30.0. The number of benzene rings is 20. The zero-order valence-electron chi connectivity index (χ0n) is 71.6. The first-order valence-electron chi connectivity index (χ1n) is 44.8. The fourth-order valence-corrected chi connectivity index (χ4v) is 20.8. The number of anilines is 6. The van der Waals surface area contributed by atoms with Crippen molar-refractivity contribution in [2.45, 2.75) is 19.3 Å². The summed E-state index contributed by atoms with van der Waals surface area (Å²) in [6, 6.07) is 161. The zero-order chi connectivity index (χ0) is 86.5. The zero-order valence-corrected chi connectivity index (χ0v) is 71.6. The van der Waals surface area contributed by atoms with Crippen LogP contribution in [0.3, 0.4) is 0 Å². The summed E-state index contributed by atoms with van der Waals surface area (Å²) in [5, 5.41) is 14.0. The summed E-state index contributed by atoms with van der Waals surface area (Å²) in [5.41, 5.74) is 37.1. The summed E-state index contributed by atoms with van der Waals surface area (Å²) >= 11 is 0. The number of nitrogens with zero attached hydrogens (tertiary/aromatic N) is 4. The third-order valence-corrected chi connectivity index (χ3v) is 27.2. The van der Waals surface area contributed by atoms with Crippen molar-refractivity contribution in [3.8, 4) is 78.1 Å². The molecule has 6 heterocycles. The van der Waals surface area contributed by atoms with Crippen LogP contribution >= 0.6 is 0 Å². The van der Waals surface area contributed by atoms with E-state index < -0.39 is 0 Å². The van der Waals surface area contributed by atoms with Gasteiger partial charge in [0.05, 0.1) is 22.1 Å². The van der Waals surface area contributed by atoms with Crippen molar-refractivity contribution in [1.82, 2.24) is 9.13 Å². The normalized spacial score (nSPS) is 12.4. The van der Waals surface area contributed by atoms with Gasteiger partial charge in [0.1, 0.15) is 44.7 Å². The molecule has 0 amide bonds. The van der Waals surface area contributed by atoms with Gasteiger partial charge in [0.2, 0.25) is 0 Å². The van der Waals surface area contributed by atoms with Crippen molar-refractivity contribution in [1.29, 1.82) is 0 Å². The molecule has 0 fully saturated rings. The van der Waals surface area contributed by atoms with Crippen LogP contribution in [0.5, 0.6) is 0 Å². The molecule has 0 atom stereocenters. The minimum atomic E-state index is -0.254. The highest BCUT2D eigenvalue weighted by Gasteiger charge is 2.37. The highest BCUT2D eigenvalue weighted by molar-refractivity contribution is 6.15. The number of furan rings is 4. The van der Waals surface area contributed by atoms with Gasteiger partial charge in [-0.3, -0.25) is 0 Å². The highest BCUT2D eigenvalue weighted by atomic mass is 16.3. The van der Waals surface area contributed by atoms with Crippen LogP contribution in [0.2, 0.25) is 0 Å². The number of rotatable bonds is 13. The lowest BCUT2D eigenvalue weighted by Gasteiger charge is -2.28. The summed E-state index contributed by atoms with van der Waals surface area (Å²) in [6.45, 7) is 4.76. The van der Waals surface area contributed by atoms with Crippen LogP contribution < -0.4 is 9.80 Å². The maximum atomic E-state index is 6.48. The molecule has 0 spiro atoms. The van der Waals surface area contributed by atoms with Gasteiger partial charge in [0, 0.05) is 127 Å². The van der Waals surface area contributed by atoms with Crippen molar-refractivity contribution in [2.75, 3.05) is 9.80 Å². The second-order valence-corrected chi connectivity index (χ2v) is 35.0. The van der Waals surface area contributed by atoms with E-state index in [0.717, 1.165) is 178 Å². The van der Waals surface area contributed by atoms with Crippen molar-refractivity contribution < 1.29 is 17.7 Å². The van der Waals surface area contributed by atoms with Crippen molar-refractivity contribution >= 4 is 165 Å². The Kier molecular flexibility index (Phi) is 17.2. The number of para-hydroxylation sites is 10. The van der Waals surface area contributed by atoms with E-state index in [9.17, 15) is 0 Å². The third kappa shape index (κ3) is 12.4. The molecule has 616 valence electrons. The van der Waals surface area contributed by atoms with Gasteiger partial charge < -0.3 is 36.6 Å². The van der Waals surface area contributed by atoms with Gasteiger partial charge in [-0.25, -0.2) is 0 Å². The predicted octanol–water partition coefficient (Wildman–Crippen LogP) is 34.7. The molecule has 131 heavy (non-hydrogen) atoms. The van der Waals surface area contributed by atoms with E-state index in [1.807, 2.05) is 48.5 Å². The van der Waals surface area contributed by atoms with Gasteiger partial charge in [-0.1, -0.05) is 287 Å². The Morgan fingerprint density at radius 1 is 0.183 bits per heavy atom. The largest absolute Gasteiger partial charge is 0.456 e.